The number of hydrogen-bond donors (Lipinski definition) is 0. The summed E-state index contributed by atoms with van der Waals surface area (Å²) in [5, 5.41) is 5.89. The number of imidazole rings is 1. The Kier molecular flexibility index (Phi) is 4.75. The standard InChI is InChI=1S/C17H17N5O2S2/c1-11-20-22-15(23)9-12(18-17(22)26-11)10-25-16-19-13-5-3-4-6-14(13)21(16)7-8-24-2/h3-6,9H,7-8,10H2,1-2H3. The van der Waals surface area contributed by atoms with Crippen LogP contribution in [0, 0.1) is 6.92 Å². The number of hydrogen-bond acceptors (Lipinski definition) is 7. The van der Waals surface area contributed by atoms with Crippen LogP contribution in [0.2, 0.25) is 0 Å². The number of fused-ring (bicyclic) bond motifs is 2. The minimum absolute atomic E-state index is 0.150. The highest BCUT2D eigenvalue weighted by molar-refractivity contribution is 7.98. The van der Waals surface area contributed by atoms with Crippen molar-refractivity contribution in [1.82, 2.24) is 24.1 Å². The average Bonchev–Trinajstić information content (AvgIpc) is 3.18. The zero-order valence-electron chi connectivity index (χ0n) is 14.4. The van der Waals surface area contributed by atoms with Crippen molar-refractivity contribution in [3.63, 3.8) is 0 Å². The summed E-state index contributed by atoms with van der Waals surface area (Å²) in [7, 11) is 1.69. The van der Waals surface area contributed by atoms with E-state index in [-0.39, 0.29) is 5.56 Å². The Hall–Kier alpha value is -2.23. The molecule has 0 radical (unpaired) electrons. The lowest BCUT2D eigenvalue weighted by molar-refractivity contribution is 0.186. The molecule has 0 spiro atoms. The summed E-state index contributed by atoms with van der Waals surface area (Å²) in [6, 6.07) is 9.58. The molecule has 0 unspecified atom stereocenters. The Labute approximate surface area is 157 Å². The quantitative estimate of drug-likeness (QED) is 0.474. The normalized spacial score (nSPS) is 11.6. The second-order valence-corrected chi connectivity index (χ2v) is 7.82. The lowest BCUT2D eigenvalue weighted by atomic mass is 10.3. The second kappa shape index (κ2) is 7.18. The molecule has 0 N–H and O–H groups in total. The van der Waals surface area contributed by atoms with E-state index in [1.807, 2.05) is 25.1 Å². The fourth-order valence-electron chi connectivity index (χ4n) is 2.73. The highest BCUT2D eigenvalue weighted by Gasteiger charge is 2.13. The summed E-state index contributed by atoms with van der Waals surface area (Å²) < 4.78 is 8.72. The van der Waals surface area contributed by atoms with Crippen LogP contribution in [0.1, 0.15) is 10.7 Å². The van der Waals surface area contributed by atoms with Gasteiger partial charge in [-0.3, -0.25) is 4.79 Å². The number of rotatable bonds is 6. The van der Waals surface area contributed by atoms with Gasteiger partial charge in [0.15, 0.2) is 5.16 Å². The predicted molar refractivity (Wildman–Crippen MR) is 103 cm³/mol. The molecule has 0 aliphatic rings. The number of thioether (sulfide) groups is 1. The molecule has 0 bridgehead atoms. The number of para-hydroxylation sites is 2. The number of benzene rings is 1. The molecule has 9 heteroatoms. The molecule has 26 heavy (non-hydrogen) atoms. The third kappa shape index (κ3) is 3.25. The fourth-order valence-corrected chi connectivity index (χ4v) is 4.43. The molecule has 7 nitrogen and oxygen atoms in total. The van der Waals surface area contributed by atoms with Crippen molar-refractivity contribution < 1.29 is 4.74 Å². The van der Waals surface area contributed by atoms with E-state index < -0.39 is 0 Å². The topological polar surface area (TPSA) is 74.3 Å². The minimum Gasteiger partial charge on any atom is -0.383 e. The summed E-state index contributed by atoms with van der Waals surface area (Å²) in [6.45, 7) is 3.20. The van der Waals surface area contributed by atoms with E-state index in [1.165, 1.54) is 15.9 Å². The van der Waals surface area contributed by atoms with Gasteiger partial charge in [-0.15, -0.1) is 0 Å². The van der Waals surface area contributed by atoms with E-state index in [4.69, 9.17) is 9.72 Å². The zero-order chi connectivity index (χ0) is 18.1. The van der Waals surface area contributed by atoms with Crippen LogP contribution >= 0.6 is 23.1 Å². The van der Waals surface area contributed by atoms with Crippen molar-refractivity contribution >= 4 is 39.1 Å². The molecule has 3 heterocycles. The number of aromatic nitrogens is 5. The zero-order valence-corrected chi connectivity index (χ0v) is 16.0. The first-order valence-corrected chi connectivity index (χ1v) is 9.89. The van der Waals surface area contributed by atoms with Crippen LogP contribution in [0.4, 0.5) is 0 Å². The molecular formula is C17H17N5O2S2. The monoisotopic (exact) mass is 387 g/mol. The van der Waals surface area contributed by atoms with Crippen molar-refractivity contribution in [2.24, 2.45) is 0 Å². The van der Waals surface area contributed by atoms with Crippen LogP contribution in [0.25, 0.3) is 16.0 Å². The van der Waals surface area contributed by atoms with E-state index in [0.29, 0.717) is 17.3 Å². The lowest BCUT2D eigenvalue weighted by Crippen LogP contribution is -2.15. The Morgan fingerprint density at radius 3 is 2.96 bits per heavy atom. The first-order chi connectivity index (χ1) is 12.7. The molecule has 0 aliphatic carbocycles. The fraction of sp³-hybridized carbons (Fsp3) is 0.294. The molecule has 4 aromatic rings. The van der Waals surface area contributed by atoms with Crippen LogP contribution in [0.3, 0.4) is 0 Å². The Balaban J connectivity index is 1.64. The van der Waals surface area contributed by atoms with Crippen LogP contribution in [-0.4, -0.2) is 37.9 Å². The van der Waals surface area contributed by atoms with Gasteiger partial charge in [0.2, 0.25) is 4.96 Å². The summed E-state index contributed by atoms with van der Waals surface area (Å²) in [5.41, 5.74) is 2.61. The van der Waals surface area contributed by atoms with E-state index in [9.17, 15) is 4.79 Å². The average molecular weight is 387 g/mol. The Bertz CT molecular complexity index is 1130. The summed E-state index contributed by atoms with van der Waals surface area (Å²) in [6.07, 6.45) is 0. The second-order valence-electron chi connectivity index (χ2n) is 5.72. The van der Waals surface area contributed by atoms with Crippen molar-refractivity contribution in [2.45, 2.75) is 24.4 Å². The number of nitrogens with zero attached hydrogens (tertiary/aromatic N) is 5. The van der Waals surface area contributed by atoms with Gasteiger partial charge in [-0.1, -0.05) is 35.2 Å². The Morgan fingerprint density at radius 1 is 1.27 bits per heavy atom. The molecule has 0 aliphatic heterocycles. The maximum atomic E-state index is 12.2. The molecule has 134 valence electrons. The van der Waals surface area contributed by atoms with Gasteiger partial charge < -0.3 is 9.30 Å². The molecule has 3 aromatic heterocycles. The molecular weight excluding hydrogens is 370 g/mol. The van der Waals surface area contributed by atoms with Gasteiger partial charge in [0, 0.05) is 25.5 Å². The smallest absolute Gasteiger partial charge is 0.275 e. The van der Waals surface area contributed by atoms with Crippen molar-refractivity contribution in [2.75, 3.05) is 13.7 Å². The van der Waals surface area contributed by atoms with Gasteiger partial charge in [-0.2, -0.15) is 9.61 Å². The molecule has 0 saturated heterocycles. The summed E-state index contributed by atoms with van der Waals surface area (Å²) in [4.78, 5) is 22.1. The first kappa shape index (κ1) is 17.2. The SMILES string of the molecule is COCCn1c(SCc2cc(=O)n3nc(C)sc3n2)nc2ccccc21. The molecule has 0 saturated carbocycles. The van der Waals surface area contributed by atoms with Gasteiger partial charge in [0.25, 0.3) is 5.56 Å². The van der Waals surface area contributed by atoms with E-state index in [1.54, 1.807) is 24.9 Å². The van der Waals surface area contributed by atoms with Gasteiger partial charge >= 0.3 is 0 Å². The van der Waals surface area contributed by atoms with Crippen LogP contribution in [0.15, 0.2) is 40.3 Å². The highest BCUT2D eigenvalue weighted by Crippen LogP contribution is 2.26. The van der Waals surface area contributed by atoms with Crippen LogP contribution in [0.5, 0.6) is 0 Å². The van der Waals surface area contributed by atoms with Crippen molar-refractivity contribution in [1.29, 1.82) is 0 Å². The van der Waals surface area contributed by atoms with Crippen LogP contribution in [-0.2, 0) is 17.0 Å². The van der Waals surface area contributed by atoms with Gasteiger partial charge in [-0.25, -0.2) is 9.97 Å². The molecule has 0 fully saturated rings. The molecule has 1 aromatic carbocycles. The number of methoxy groups -OCH3 is 1. The van der Waals surface area contributed by atoms with E-state index >= 15 is 0 Å². The number of ether oxygens (including phenoxy) is 1. The Morgan fingerprint density at radius 2 is 2.12 bits per heavy atom. The predicted octanol–water partition coefficient (Wildman–Crippen LogP) is 2.75. The van der Waals surface area contributed by atoms with Gasteiger partial charge in [0.05, 0.1) is 23.3 Å². The highest BCUT2D eigenvalue weighted by atomic mass is 32.2. The molecule has 4 rings (SSSR count). The minimum atomic E-state index is -0.150. The van der Waals surface area contributed by atoms with E-state index in [0.717, 1.165) is 33.4 Å². The lowest BCUT2D eigenvalue weighted by Gasteiger charge is -2.08. The third-order valence-electron chi connectivity index (χ3n) is 3.89. The van der Waals surface area contributed by atoms with Gasteiger partial charge in [0.1, 0.15) is 5.01 Å². The molecule has 0 atom stereocenters. The number of aryl methyl sites for hydroxylation is 1. The largest absolute Gasteiger partial charge is 0.383 e. The van der Waals surface area contributed by atoms with Crippen LogP contribution < -0.4 is 5.56 Å². The molecule has 0 amide bonds. The van der Waals surface area contributed by atoms with Gasteiger partial charge in [-0.05, 0) is 19.1 Å². The maximum Gasteiger partial charge on any atom is 0.275 e. The van der Waals surface area contributed by atoms with Crippen molar-refractivity contribution in [3.8, 4) is 0 Å². The summed E-state index contributed by atoms with van der Waals surface area (Å²) >= 11 is 2.98. The first-order valence-electron chi connectivity index (χ1n) is 8.09. The maximum absolute atomic E-state index is 12.2. The van der Waals surface area contributed by atoms with Crippen molar-refractivity contribution in [3.05, 3.63) is 51.4 Å². The van der Waals surface area contributed by atoms with E-state index in [2.05, 4.69) is 20.7 Å². The third-order valence-corrected chi connectivity index (χ3v) is 5.72. The summed E-state index contributed by atoms with van der Waals surface area (Å²) in [5.74, 6) is 0.568.